The highest BCUT2D eigenvalue weighted by atomic mass is 16.5. The third kappa shape index (κ3) is 4.72. The number of pyridine rings is 1. The van der Waals surface area contributed by atoms with Crippen molar-refractivity contribution in [1.29, 1.82) is 5.26 Å². The molecule has 1 aromatic heterocycles. The maximum Gasteiger partial charge on any atom is 0.306 e. The highest BCUT2D eigenvalue weighted by Gasteiger charge is 2.22. The van der Waals surface area contributed by atoms with Gasteiger partial charge in [-0.25, -0.2) is 0 Å². The van der Waals surface area contributed by atoms with Gasteiger partial charge < -0.3 is 14.6 Å². The molecule has 0 spiro atoms. The number of amides is 1. The lowest BCUT2D eigenvalue weighted by molar-refractivity contribution is -0.152. The van der Waals surface area contributed by atoms with E-state index in [1.807, 2.05) is 6.07 Å². The zero-order valence-electron chi connectivity index (χ0n) is 15.6. The summed E-state index contributed by atoms with van der Waals surface area (Å²) in [5, 5.41) is 9.08. The number of carbonyl (C=O) groups excluding carboxylic acids is 2. The van der Waals surface area contributed by atoms with Crippen LogP contribution >= 0.6 is 0 Å². The van der Waals surface area contributed by atoms with E-state index in [0.29, 0.717) is 36.7 Å². The largest absolute Gasteiger partial charge is 0.456 e. The van der Waals surface area contributed by atoms with Gasteiger partial charge in [0.1, 0.15) is 11.6 Å². The van der Waals surface area contributed by atoms with Crippen LogP contribution in [0, 0.1) is 31.1 Å². The number of aryl methyl sites for hydroxylation is 1. The number of aromatic amines is 1. The average Bonchev–Trinajstić information content (AvgIpc) is 2.59. The SMILES string of the molecule is Cc1[nH]c(=O)c(C#N)c(C)c1CCC(=O)OCC(=O)N1CCC[C@@H](C)C1. The van der Waals surface area contributed by atoms with Gasteiger partial charge in [0.15, 0.2) is 6.61 Å². The lowest BCUT2D eigenvalue weighted by atomic mass is 9.99. The molecular formula is C19H25N3O4. The molecule has 7 nitrogen and oxygen atoms in total. The number of H-pyrrole nitrogens is 1. The summed E-state index contributed by atoms with van der Waals surface area (Å²) in [4.78, 5) is 40.2. The first-order valence-electron chi connectivity index (χ1n) is 8.89. The number of nitriles is 1. The van der Waals surface area contributed by atoms with Gasteiger partial charge in [0, 0.05) is 25.2 Å². The van der Waals surface area contributed by atoms with E-state index in [9.17, 15) is 14.4 Å². The van der Waals surface area contributed by atoms with Crippen molar-refractivity contribution >= 4 is 11.9 Å². The maximum absolute atomic E-state index is 12.1. The van der Waals surface area contributed by atoms with E-state index in [1.54, 1.807) is 18.7 Å². The van der Waals surface area contributed by atoms with Gasteiger partial charge in [-0.15, -0.1) is 0 Å². The van der Waals surface area contributed by atoms with Crippen LogP contribution in [0.2, 0.25) is 0 Å². The number of carbonyl (C=O) groups is 2. The number of hydrogen-bond acceptors (Lipinski definition) is 5. The number of likely N-dealkylation sites (tertiary alicyclic amines) is 1. The number of esters is 1. The molecule has 26 heavy (non-hydrogen) atoms. The summed E-state index contributed by atoms with van der Waals surface area (Å²) in [5.74, 6) is -0.149. The third-order valence-electron chi connectivity index (χ3n) is 4.87. The van der Waals surface area contributed by atoms with Gasteiger partial charge in [0.2, 0.25) is 0 Å². The molecule has 7 heteroatoms. The number of nitrogens with one attached hydrogen (secondary N) is 1. The quantitative estimate of drug-likeness (QED) is 0.804. The fourth-order valence-corrected chi connectivity index (χ4v) is 3.37. The molecule has 0 aromatic carbocycles. The molecule has 2 heterocycles. The lowest BCUT2D eigenvalue weighted by Crippen LogP contribution is -2.41. The standard InChI is InChI=1S/C19H25N3O4/c1-12-5-4-8-22(10-12)17(23)11-26-18(24)7-6-15-13(2)16(9-20)19(25)21-14(15)3/h12H,4-8,10-11H2,1-3H3,(H,21,25)/t12-/m1/s1. The molecule has 1 aliphatic heterocycles. The summed E-state index contributed by atoms with van der Waals surface area (Å²) in [7, 11) is 0. The minimum atomic E-state index is -0.466. The predicted molar refractivity (Wildman–Crippen MR) is 95.5 cm³/mol. The Balaban J connectivity index is 1.89. The Labute approximate surface area is 153 Å². The molecule has 0 saturated carbocycles. The predicted octanol–water partition coefficient (Wildman–Crippen LogP) is 1.60. The van der Waals surface area contributed by atoms with Gasteiger partial charge in [-0.2, -0.15) is 5.26 Å². The Hall–Kier alpha value is -2.62. The highest BCUT2D eigenvalue weighted by molar-refractivity contribution is 5.80. The lowest BCUT2D eigenvalue weighted by Gasteiger charge is -2.30. The van der Waals surface area contributed by atoms with Crippen LogP contribution in [-0.4, -0.2) is 41.5 Å². The summed E-state index contributed by atoms with van der Waals surface area (Å²) >= 11 is 0. The minimum absolute atomic E-state index is 0.0633. The van der Waals surface area contributed by atoms with Crippen LogP contribution < -0.4 is 5.56 Å². The summed E-state index contributed by atoms with van der Waals surface area (Å²) in [6, 6.07) is 1.89. The summed E-state index contributed by atoms with van der Waals surface area (Å²) in [5.41, 5.74) is 1.62. The molecule has 1 aromatic rings. The van der Waals surface area contributed by atoms with Crippen molar-refractivity contribution in [2.45, 2.75) is 46.5 Å². The van der Waals surface area contributed by atoms with Crippen LogP contribution in [-0.2, 0) is 20.7 Å². The van der Waals surface area contributed by atoms with Crippen molar-refractivity contribution in [1.82, 2.24) is 9.88 Å². The Morgan fingerprint density at radius 1 is 1.38 bits per heavy atom. The van der Waals surface area contributed by atoms with Gasteiger partial charge in [0.05, 0.1) is 0 Å². The molecule has 1 N–H and O–H groups in total. The average molecular weight is 359 g/mol. The highest BCUT2D eigenvalue weighted by Crippen LogP contribution is 2.16. The summed E-state index contributed by atoms with van der Waals surface area (Å²) in [6.07, 6.45) is 2.53. The Bertz CT molecular complexity index is 791. The molecular weight excluding hydrogens is 334 g/mol. The van der Waals surface area contributed by atoms with Crippen LogP contribution in [0.25, 0.3) is 0 Å². The number of hydrogen-bond donors (Lipinski definition) is 1. The second-order valence-corrected chi connectivity index (χ2v) is 6.92. The van der Waals surface area contributed by atoms with Gasteiger partial charge in [0.25, 0.3) is 11.5 Å². The first kappa shape index (κ1) is 19.7. The fourth-order valence-electron chi connectivity index (χ4n) is 3.37. The Morgan fingerprint density at radius 3 is 2.77 bits per heavy atom. The van der Waals surface area contributed by atoms with Crippen LogP contribution in [0.3, 0.4) is 0 Å². The van der Waals surface area contributed by atoms with Crippen LogP contribution in [0.15, 0.2) is 4.79 Å². The number of piperidine rings is 1. The molecule has 1 saturated heterocycles. The molecule has 0 radical (unpaired) electrons. The van der Waals surface area contributed by atoms with E-state index in [2.05, 4.69) is 11.9 Å². The normalized spacial score (nSPS) is 16.8. The van der Waals surface area contributed by atoms with E-state index in [0.717, 1.165) is 18.4 Å². The first-order chi connectivity index (χ1) is 12.3. The zero-order chi connectivity index (χ0) is 19.3. The molecule has 1 atom stereocenters. The topological polar surface area (TPSA) is 103 Å². The second kappa shape index (κ2) is 8.65. The van der Waals surface area contributed by atoms with E-state index < -0.39 is 11.5 Å². The molecule has 140 valence electrons. The van der Waals surface area contributed by atoms with Gasteiger partial charge >= 0.3 is 5.97 Å². The number of nitrogens with zero attached hydrogens (tertiary/aromatic N) is 2. The first-order valence-corrected chi connectivity index (χ1v) is 8.89. The van der Waals surface area contributed by atoms with Crippen molar-refractivity contribution in [3.63, 3.8) is 0 Å². The molecule has 1 fully saturated rings. The smallest absolute Gasteiger partial charge is 0.306 e. The summed E-state index contributed by atoms with van der Waals surface area (Å²) in [6.45, 7) is 6.73. The van der Waals surface area contributed by atoms with Crippen molar-refractivity contribution < 1.29 is 14.3 Å². The molecule has 0 bridgehead atoms. The molecule has 1 amide bonds. The van der Waals surface area contributed by atoms with E-state index >= 15 is 0 Å². The van der Waals surface area contributed by atoms with Crippen LogP contribution in [0.4, 0.5) is 0 Å². The molecule has 1 aliphatic rings. The van der Waals surface area contributed by atoms with Crippen molar-refractivity contribution in [2.75, 3.05) is 19.7 Å². The monoisotopic (exact) mass is 359 g/mol. The number of aromatic nitrogens is 1. The van der Waals surface area contributed by atoms with Crippen LogP contribution in [0.5, 0.6) is 0 Å². The number of ether oxygens (including phenoxy) is 1. The zero-order valence-corrected chi connectivity index (χ0v) is 15.6. The number of rotatable bonds is 5. The van der Waals surface area contributed by atoms with Crippen molar-refractivity contribution in [3.05, 3.63) is 32.7 Å². The van der Waals surface area contributed by atoms with Gasteiger partial charge in [-0.3, -0.25) is 14.4 Å². The van der Waals surface area contributed by atoms with Crippen molar-refractivity contribution in [3.8, 4) is 6.07 Å². The molecule has 2 rings (SSSR count). The maximum atomic E-state index is 12.1. The van der Waals surface area contributed by atoms with Crippen molar-refractivity contribution in [2.24, 2.45) is 5.92 Å². The van der Waals surface area contributed by atoms with Gasteiger partial charge in [-0.1, -0.05) is 6.92 Å². The van der Waals surface area contributed by atoms with E-state index in [-0.39, 0.29) is 24.5 Å². The van der Waals surface area contributed by atoms with E-state index in [4.69, 9.17) is 10.00 Å². The molecule has 0 aliphatic carbocycles. The Morgan fingerprint density at radius 2 is 2.12 bits per heavy atom. The van der Waals surface area contributed by atoms with Gasteiger partial charge in [-0.05, 0) is 50.2 Å². The third-order valence-corrected chi connectivity index (χ3v) is 4.87. The second-order valence-electron chi connectivity index (χ2n) is 6.92. The molecule has 0 unspecified atom stereocenters. The summed E-state index contributed by atoms with van der Waals surface area (Å²) < 4.78 is 5.11. The fraction of sp³-hybridized carbons (Fsp3) is 0.579. The Kier molecular flexibility index (Phi) is 6.56. The van der Waals surface area contributed by atoms with E-state index in [1.165, 1.54) is 0 Å². The van der Waals surface area contributed by atoms with Crippen LogP contribution in [0.1, 0.15) is 48.6 Å². The minimum Gasteiger partial charge on any atom is -0.456 e.